The first-order valence-corrected chi connectivity index (χ1v) is 6.62. The van der Waals surface area contributed by atoms with E-state index in [4.69, 9.17) is 5.84 Å². The number of nitrogens with zero attached hydrogens (tertiary/aromatic N) is 1. The van der Waals surface area contributed by atoms with Crippen LogP contribution in [0.1, 0.15) is 17.3 Å². The molecule has 5 heteroatoms. The summed E-state index contributed by atoms with van der Waals surface area (Å²) in [5.74, 6) is 5.56. The minimum atomic E-state index is 0.125. The van der Waals surface area contributed by atoms with Crippen molar-refractivity contribution in [2.45, 2.75) is 12.5 Å². The summed E-state index contributed by atoms with van der Waals surface area (Å²) in [7, 11) is 0. The van der Waals surface area contributed by atoms with Gasteiger partial charge in [-0.2, -0.15) is 11.3 Å². The van der Waals surface area contributed by atoms with Crippen molar-refractivity contribution < 1.29 is 0 Å². The number of thiophene rings is 1. The van der Waals surface area contributed by atoms with Gasteiger partial charge in [-0.3, -0.25) is 16.3 Å². The number of hydrazine groups is 1. The van der Waals surface area contributed by atoms with Gasteiger partial charge in [0.1, 0.15) is 0 Å². The van der Waals surface area contributed by atoms with Crippen molar-refractivity contribution in [3.05, 3.63) is 50.9 Å². The third kappa shape index (κ3) is 2.89. The molecule has 0 spiro atoms. The molecule has 3 nitrogen and oxygen atoms in total. The Kier molecular flexibility index (Phi) is 4.06. The molecule has 0 fully saturated rings. The fraction of sp³-hybridized carbons (Fsp3) is 0.182. The van der Waals surface area contributed by atoms with Gasteiger partial charge in [0, 0.05) is 22.8 Å². The highest BCUT2D eigenvalue weighted by atomic mass is 79.9. The van der Waals surface area contributed by atoms with E-state index in [1.165, 1.54) is 5.56 Å². The molecule has 0 amide bonds. The summed E-state index contributed by atoms with van der Waals surface area (Å²) in [5.41, 5.74) is 5.05. The summed E-state index contributed by atoms with van der Waals surface area (Å²) in [6, 6.07) is 6.19. The van der Waals surface area contributed by atoms with Gasteiger partial charge >= 0.3 is 0 Å². The summed E-state index contributed by atoms with van der Waals surface area (Å²) in [6.07, 6.45) is 2.59. The quantitative estimate of drug-likeness (QED) is 0.674. The molecule has 1 unspecified atom stereocenters. The van der Waals surface area contributed by atoms with E-state index in [0.29, 0.717) is 0 Å². The first-order chi connectivity index (χ1) is 7.79. The zero-order chi connectivity index (χ0) is 11.4. The van der Waals surface area contributed by atoms with Crippen LogP contribution in [0.3, 0.4) is 0 Å². The zero-order valence-corrected chi connectivity index (χ0v) is 11.0. The smallest absolute Gasteiger partial charge is 0.0523 e. The van der Waals surface area contributed by atoms with Crippen LogP contribution in [0.4, 0.5) is 0 Å². The number of hydrogen-bond acceptors (Lipinski definition) is 4. The Morgan fingerprint density at radius 2 is 2.31 bits per heavy atom. The maximum Gasteiger partial charge on any atom is 0.0523 e. The van der Waals surface area contributed by atoms with Crippen LogP contribution < -0.4 is 11.3 Å². The standard InChI is InChI=1S/C11H12BrN3S/c12-9-1-2-10(14-6-9)5-11(15-13)8-3-4-16-7-8/h1-4,6-7,11,15H,5,13H2. The molecule has 1 atom stereocenters. The Morgan fingerprint density at radius 3 is 2.88 bits per heavy atom. The first kappa shape index (κ1) is 11.7. The molecule has 0 aliphatic carbocycles. The molecule has 2 rings (SSSR count). The van der Waals surface area contributed by atoms with Gasteiger partial charge < -0.3 is 0 Å². The van der Waals surface area contributed by atoms with Crippen molar-refractivity contribution in [2.75, 3.05) is 0 Å². The molecule has 84 valence electrons. The number of halogens is 1. The first-order valence-electron chi connectivity index (χ1n) is 4.88. The monoisotopic (exact) mass is 297 g/mol. The molecule has 2 aromatic heterocycles. The van der Waals surface area contributed by atoms with Crippen molar-refractivity contribution in [3.8, 4) is 0 Å². The van der Waals surface area contributed by atoms with Gasteiger partial charge in [0.2, 0.25) is 0 Å². The topological polar surface area (TPSA) is 50.9 Å². The molecule has 0 saturated carbocycles. The number of aromatic nitrogens is 1. The Hall–Kier alpha value is -0.750. The number of pyridine rings is 1. The molecule has 0 bridgehead atoms. The van der Waals surface area contributed by atoms with Gasteiger partial charge in [-0.15, -0.1) is 0 Å². The van der Waals surface area contributed by atoms with Crippen LogP contribution >= 0.6 is 27.3 Å². The normalized spacial score (nSPS) is 12.6. The Morgan fingerprint density at radius 1 is 1.44 bits per heavy atom. The van der Waals surface area contributed by atoms with Crippen molar-refractivity contribution in [1.82, 2.24) is 10.4 Å². The minimum Gasteiger partial charge on any atom is -0.271 e. The van der Waals surface area contributed by atoms with E-state index in [1.807, 2.05) is 12.1 Å². The molecule has 0 aliphatic rings. The van der Waals surface area contributed by atoms with E-state index in [1.54, 1.807) is 17.5 Å². The lowest BCUT2D eigenvalue weighted by atomic mass is 10.1. The van der Waals surface area contributed by atoms with E-state index in [0.717, 1.165) is 16.6 Å². The predicted octanol–water partition coefficient (Wildman–Crippen LogP) is 2.65. The summed E-state index contributed by atoms with van der Waals surface area (Å²) in [4.78, 5) is 4.34. The molecule has 0 saturated heterocycles. The van der Waals surface area contributed by atoms with Gasteiger partial charge in [-0.05, 0) is 50.5 Å². The van der Waals surface area contributed by atoms with Crippen molar-refractivity contribution in [3.63, 3.8) is 0 Å². The minimum absolute atomic E-state index is 0.125. The second-order valence-corrected chi connectivity index (χ2v) is 5.14. The van der Waals surface area contributed by atoms with Gasteiger partial charge in [0.05, 0.1) is 6.04 Å². The van der Waals surface area contributed by atoms with Gasteiger partial charge in [0.25, 0.3) is 0 Å². The average Bonchev–Trinajstić information content (AvgIpc) is 2.82. The number of nitrogens with two attached hydrogens (primary N) is 1. The van der Waals surface area contributed by atoms with Crippen molar-refractivity contribution in [2.24, 2.45) is 5.84 Å². The van der Waals surface area contributed by atoms with E-state index in [2.05, 4.69) is 43.2 Å². The lowest BCUT2D eigenvalue weighted by Gasteiger charge is -2.13. The summed E-state index contributed by atoms with van der Waals surface area (Å²) >= 11 is 5.04. The number of hydrogen-bond donors (Lipinski definition) is 2. The largest absolute Gasteiger partial charge is 0.271 e. The van der Waals surface area contributed by atoms with Crippen LogP contribution in [-0.2, 0) is 6.42 Å². The number of nitrogens with one attached hydrogen (secondary N) is 1. The van der Waals surface area contributed by atoms with Crippen LogP contribution in [-0.4, -0.2) is 4.98 Å². The molecular weight excluding hydrogens is 286 g/mol. The maximum atomic E-state index is 5.56. The van der Waals surface area contributed by atoms with Gasteiger partial charge in [-0.1, -0.05) is 0 Å². The molecule has 0 aromatic carbocycles. The second-order valence-electron chi connectivity index (χ2n) is 3.45. The van der Waals surface area contributed by atoms with Crippen molar-refractivity contribution in [1.29, 1.82) is 0 Å². The van der Waals surface area contributed by atoms with Crippen molar-refractivity contribution >= 4 is 27.3 Å². The van der Waals surface area contributed by atoms with E-state index in [-0.39, 0.29) is 6.04 Å². The zero-order valence-electron chi connectivity index (χ0n) is 8.56. The van der Waals surface area contributed by atoms with Gasteiger partial charge in [0.15, 0.2) is 0 Å². The molecule has 0 radical (unpaired) electrons. The lowest BCUT2D eigenvalue weighted by Crippen LogP contribution is -2.29. The highest BCUT2D eigenvalue weighted by Crippen LogP contribution is 2.19. The fourth-order valence-electron chi connectivity index (χ4n) is 1.48. The SMILES string of the molecule is NNC(Cc1ccc(Br)cn1)c1ccsc1. The molecule has 3 N–H and O–H groups in total. The predicted molar refractivity (Wildman–Crippen MR) is 70.0 cm³/mol. The lowest BCUT2D eigenvalue weighted by molar-refractivity contribution is 0.547. The molecule has 0 aliphatic heterocycles. The van der Waals surface area contributed by atoms with E-state index >= 15 is 0 Å². The van der Waals surface area contributed by atoms with Crippen LogP contribution in [0.25, 0.3) is 0 Å². The molecule has 2 aromatic rings. The highest BCUT2D eigenvalue weighted by Gasteiger charge is 2.11. The summed E-state index contributed by atoms with van der Waals surface area (Å²) in [6.45, 7) is 0. The molecule has 2 heterocycles. The van der Waals surface area contributed by atoms with Crippen LogP contribution in [0, 0.1) is 0 Å². The highest BCUT2D eigenvalue weighted by molar-refractivity contribution is 9.10. The van der Waals surface area contributed by atoms with Crippen LogP contribution in [0.2, 0.25) is 0 Å². The Balaban J connectivity index is 2.10. The summed E-state index contributed by atoms with van der Waals surface area (Å²) in [5, 5.41) is 4.15. The second kappa shape index (κ2) is 5.54. The molecular formula is C11H12BrN3S. The Labute approximate surface area is 107 Å². The van der Waals surface area contributed by atoms with Crippen LogP contribution in [0.5, 0.6) is 0 Å². The van der Waals surface area contributed by atoms with E-state index in [9.17, 15) is 0 Å². The number of rotatable bonds is 4. The Bertz CT molecular complexity index is 427. The van der Waals surface area contributed by atoms with E-state index < -0.39 is 0 Å². The van der Waals surface area contributed by atoms with Crippen LogP contribution in [0.15, 0.2) is 39.6 Å². The maximum absolute atomic E-state index is 5.56. The third-order valence-electron chi connectivity index (χ3n) is 2.35. The fourth-order valence-corrected chi connectivity index (χ4v) is 2.43. The summed E-state index contributed by atoms with van der Waals surface area (Å²) < 4.78 is 0.990. The van der Waals surface area contributed by atoms with Gasteiger partial charge in [-0.25, -0.2) is 0 Å². The molecule has 16 heavy (non-hydrogen) atoms. The third-order valence-corrected chi connectivity index (χ3v) is 3.52. The average molecular weight is 298 g/mol.